The van der Waals surface area contributed by atoms with Gasteiger partial charge in [0.05, 0.1) is 19.3 Å². The normalized spacial score (nSPS) is 23.0. The van der Waals surface area contributed by atoms with E-state index in [1.165, 1.54) is 12.1 Å². The summed E-state index contributed by atoms with van der Waals surface area (Å²) in [6, 6.07) is 5.55. The first kappa shape index (κ1) is 18.3. The van der Waals surface area contributed by atoms with Gasteiger partial charge >= 0.3 is 0 Å². The number of ether oxygens (including phenoxy) is 2. The minimum Gasteiger partial charge on any atom is -0.488 e. The summed E-state index contributed by atoms with van der Waals surface area (Å²) in [5, 5.41) is 6.91. The van der Waals surface area contributed by atoms with Crippen LogP contribution < -0.4 is 15.5 Å². The summed E-state index contributed by atoms with van der Waals surface area (Å²) in [6.45, 7) is 0.920. The van der Waals surface area contributed by atoms with E-state index >= 15 is 0 Å². The number of benzene rings is 1. The molecule has 2 aliphatic heterocycles. The van der Waals surface area contributed by atoms with E-state index < -0.39 is 0 Å². The summed E-state index contributed by atoms with van der Waals surface area (Å²) in [4.78, 5) is 23.3. The van der Waals surface area contributed by atoms with Crippen molar-refractivity contribution in [3.8, 4) is 5.75 Å². The van der Waals surface area contributed by atoms with Gasteiger partial charge in [0.25, 0.3) is 0 Å². The second kappa shape index (κ2) is 8.75. The monoisotopic (exact) mass is 363 g/mol. The molecule has 0 aliphatic carbocycles. The van der Waals surface area contributed by atoms with Gasteiger partial charge < -0.3 is 14.8 Å². The van der Waals surface area contributed by atoms with E-state index in [0.717, 1.165) is 5.71 Å². The Labute approximate surface area is 150 Å². The summed E-state index contributed by atoms with van der Waals surface area (Å²) in [6.07, 6.45) is 2.19. The first-order valence-corrected chi connectivity index (χ1v) is 8.74. The first-order valence-electron chi connectivity index (χ1n) is 8.74. The highest BCUT2D eigenvalue weighted by molar-refractivity contribution is 5.94. The summed E-state index contributed by atoms with van der Waals surface area (Å²) in [5.74, 6) is 0.0204. The number of hydrogen-bond donors (Lipinski definition) is 2. The van der Waals surface area contributed by atoms with Gasteiger partial charge in [-0.3, -0.25) is 9.59 Å². The summed E-state index contributed by atoms with van der Waals surface area (Å²) < 4.78 is 24.4. The minimum atomic E-state index is -0.323. The second-order valence-corrected chi connectivity index (χ2v) is 6.36. The lowest BCUT2D eigenvalue weighted by Crippen LogP contribution is -2.51. The van der Waals surface area contributed by atoms with Crippen LogP contribution >= 0.6 is 0 Å². The third kappa shape index (κ3) is 5.26. The molecule has 2 N–H and O–H groups in total. The maximum absolute atomic E-state index is 13.0. The van der Waals surface area contributed by atoms with Crippen LogP contribution in [0, 0.1) is 5.82 Å². The van der Waals surface area contributed by atoms with Gasteiger partial charge in [0.2, 0.25) is 11.8 Å². The van der Waals surface area contributed by atoms with Gasteiger partial charge in [-0.25, -0.2) is 9.82 Å². The van der Waals surface area contributed by atoms with Crippen LogP contribution in [0.2, 0.25) is 0 Å². The van der Waals surface area contributed by atoms with Crippen LogP contribution in [-0.4, -0.2) is 42.9 Å². The number of hydrogen-bond acceptors (Lipinski definition) is 5. The quantitative estimate of drug-likeness (QED) is 0.802. The van der Waals surface area contributed by atoms with Gasteiger partial charge in [0.1, 0.15) is 17.7 Å². The molecule has 0 saturated carbocycles. The lowest BCUT2D eigenvalue weighted by Gasteiger charge is -2.32. The summed E-state index contributed by atoms with van der Waals surface area (Å²) in [7, 11) is 0. The molecule has 1 aromatic carbocycles. The van der Waals surface area contributed by atoms with E-state index in [-0.39, 0.29) is 36.2 Å². The third-order valence-electron chi connectivity index (χ3n) is 4.36. The zero-order chi connectivity index (χ0) is 18.4. The molecule has 1 fully saturated rings. The molecule has 2 aliphatic rings. The van der Waals surface area contributed by atoms with Crippen LogP contribution in [-0.2, 0) is 14.3 Å². The molecule has 1 saturated heterocycles. The van der Waals surface area contributed by atoms with Crippen molar-refractivity contribution in [2.45, 2.75) is 44.2 Å². The predicted octanol–water partition coefficient (Wildman–Crippen LogP) is 1.52. The molecule has 140 valence electrons. The van der Waals surface area contributed by atoms with Gasteiger partial charge in [0, 0.05) is 25.0 Å². The Morgan fingerprint density at radius 1 is 1.35 bits per heavy atom. The van der Waals surface area contributed by atoms with Gasteiger partial charge in [-0.1, -0.05) is 0 Å². The highest BCUT2D eigenvalue weighted by Gasteiger charge is 2.29. The molecule has 26 heavy (non-hydrogen) atoms. The van der Waals surface area contributed by atoms with Crippen molar-refractivity contribution in [1.29, 1.82) is 0 Å². The lowest BCUT2D eigenvalue weighted by molar-refractivity contribution is -0.124. The van der Waals surface area contributed by atoms with Crippen molar-refractivity contribution in [1.82, 2.24) is 10.7 Å². The zero-order valence-corrected chi connectivity index (χ0v) is 14.4. The lowest BCUT2D eigenvalue weighted by atomic mass is 10.0. The van der Waals surface area contributed by atoms with Crippen molar-refractivity contribution < 1.29 is 23.5 Å². The first-order chi connectivity index (χ1) is 12.6. The molecule has 8 heteroatoms. The Morgan fingerprint density at radius 2 is 2.15 bits per heavy atom. The SMILES string of the molecule is O=C1CCC(CCC(=O)N[C@@H]2COCC[C@@H]2Oc2ccc(F)cc2)=NN1. The fourth-order valence-electron chi connectivity index (χ4n) is 2.91. The summed E-state index contributed by atoms with van der Waals surface area (Å²) in [5.41, 5.74) is 3.24. The highest BCUT2D eigenvalue weighted by Crippen LogP contribution is 2.19. The van der Waals surface area contributed by atoms with E-state index in [1.807, 2.05) is 0 Å². The minimum absolute atomic E-state index is 0.0988. The number of hydrazone groups is 1. The van der Waals surface area contributed by atoms with E-state index in [4.69, 9.17) is 9.47 Å². The van der Waals surface area contributed by atoms with Crippen LogP contribution in [0.1, 0.15) is 32.1 Å². The Bertz CT molecular complexity index is 678. The van der Waals surface area contributed by atoms with Gasteiger partial charge in [0.15, 0.2) is 0 Å². The molecule has 2 heterocycles. The summed E-state index contributed by atoms with van der Waals surface area (Å²) >= 11 is 0. The number of carbonyl (C=O) groups excluding carboxylic acids is 2. The fraction of sp³-hybridized carbons (Fsp3) is 0.500. The number of nitrogens with zero attached hydrogens (tertiary/aromatic N) is 1. The average molecular weight is 363 g/mol. The van der Waals surface area contributed by atoms with Crippen molar-refractivity contribution in [2.75, 3.05) is 13.2 Å². The van der Waals surface area contributed by atoms with Crippen molar-refractivity contribution in [2.24, 2.45) is 5.10 Å². The number of halogens is 1. The van der Waals surface area contributed by atoms with E-state index in [2.05, 4.69) is 15.8 Å². The van der Waals surface area contributed by atoms with Crippen molar-refractivity contribution in [3.63, 3.8) is 0 Å². The van der Waals surface area contributed by atoms with Gasteiger partial charge in [-0.05, 0) is 37.1 Å². The Kier molecular flexibility index (Phi) is 6.17. The molecule has 3 rings (SSSR count). The van der Waals surface area contributed by atoms with E-state index in [1.54, 1.807) is 12.1 Å². The number of carbonyl (C=O) groups is 2. The molecular weight excluding hydrogens is 341 g/mol. The Hall–Kier alpha value is -2.48. The smallest absolute Gasteiger partial charge is 0.240 e. The molecule has 0 aromatic heterocycles. The van der Waals surface area contributed by atoms with Gasteiger partial charge in [-0.2, -0.15) is 5.10 Å². The molecule has 0 spiro atoms. The molecule has 2 amide bonds. The molecule has 0 bridgehead atoms. The molecule has 1 aromatic rings. The van der Waals surface area contributed by atoms with Crippen molar-refractivity contribution in [3.05, 3.63) is 30.1 Å². The van der Waals surface area contributed by atoms with Crippen LogP contribution in [0.5, 0.6) is 5.75 Å². The Morgan fingerprint density at radius 3 is 2.88 bits per heavy atom. The molecular formula is C18H22FN3O4. The average Bonchev–Trinajstić information content (AvgIpc) is 2.65. The fourth-order valence-corrected chi connectivity index (χ4v) is 2.91. The zero-order valence-electron chi connectivity index (χ0n) is 14.4. The Balaban J connectivity index is 1.50. The van der Waals surface area contributed by atoms with Crippen molar-refractivity contribution >= 4 is 17.5 Å². The van der Waals surface area contributed by atoms with Crippen LogP contribution in [0.25, 0.3) is 0 Å². The second-order valence-electron chi connectivity index (χ2n) is 6.36. The topological polar surface area (TPSA) is 89.0 Å². The largest absolute Gasteiger partial charge is 0.488 e. The van der Waals surface area contributed by atoms with Crippen LogP contribution in [0.15, 0.2) is 29.4 Å². The van der Waals surface area contributed by atoms with Crippen LogP contribution in [0.4, 0.5) is 4.39 Å². The van der Waals surface area contributed by atoms with Gasteiger partial charge in [-0.15, -0.1) is 0 Å². The maximum Gasteiger partial charge on any atom is 0.240 e. The van der Waals surface area contributed by atoms with E-state index in [9.17, 15) is 14.0 Å². The third-order valence-corrected chi connectivity index (χ3v) is 4.36. The number of nitrogens with one attached hydrogen (secondary N) is 2. The highest BCUT2D eigenvalue weighted by atomic mass is 19.1. The molecule has 2 atom stereocenters. The van der Waals surface area contributed by atoms with E-state index in [0.29, 0.717) is 44.6 Å². The molecule has 7 nitrogen and oxygen atoms in total. The molecule has 0 radical (unpaired) electrons. The predicted molar refractivity (Wildman–Crippen MR) is 92.2 cm³/mol. The number of amides is 2. The standard InChI is InChI=1S/C18H22FN3O4/c19-12-1-5-14(6-2-12)26-16-9-10-25-11-15(16)20-17(23)7-3-13-4-8-18(24)22-21-13/h1-2,5-6,15-16H,3-4,7-11H2,(H,20,23)(H,22,24)/t15-,16+/m1/s1. The number of rotatable bonds is 6. The van der Waals surface area contributed by atoms with Crippen LogP contribution in [0.3, 0.4) is 0 Å². The maximum atomic E-state index is 13.0. The molecule has 0 unspecified atom stereocenters.